The summed E-state index contributed by atoms with van der Waals surface area (Å²) in [6.45, 7) is 0. The predicted octanol–water partition coefficient (Wildman–Crippen LogP) is 4.10. The predicted molar refractivity (Wildman–Crippen MR) is 78.2 cm³/mol. The summed E-state index contributed by atoms with van der Waals surface area (Å²) in [4.78, 5) is 11.7. The van der Waals surface area contributed by atoms with Crippen molar-refractivity contribution in [2.45, 2.75) is 0 Å². The fraction of sp³-hybridized carbons (Fsp3) is 0. The number of amides is 1. The number of carbonyl (C=O) groups is 1. The average molecular weight is 302 g/mol. The topological polar surface area (TPSA) is 29.1 Å². The monoisotopic (exact) mass is 301 g/mol. The Labute approximate surface area is 114 Å². The van der Waals surface area contributed by atoms with Gasteiger partial charge >= 0.3 is 0 Å². The van der Waals surface area contributed by atoms with Crippen LogP contribution in [0.3, 0.4) is 0 Å². The molecule has 1 amide bonds. The molecule has 0 radical (unpaired) electrons. The van der Waals surface area contributed by atoms with E-state index in [-0.39, 0.29) is 5.91 Å². The third kappa shape index (κ3) is 3.57. The lowest BCUT2D eigenvalue weighted by Gasteiger charge is -2.03. The van der Waals surface area contributed by atoms with E-state index in [1.807, 2.05) is 54.6 Å². The SMILES string of the molecule is O=C(/C=C\c1ccccc1)Nc1ccccc1Br. The van der Waals surface area contributed by atoms with Gasteiger partial charge in [-0.2, -0.15) is 0 Å². The van der Waals surface area contributed by atoms with Crippen LogP contribution in [-0.4, -0.2) is 5.91 Å². The largest absolute Gasteiger partial charge is 0.321 e. The third-order valence-electron chi connectivity index (χ3n) is 2.36. The molecule has 0 aliphatic carbocycles. The summed E-state index contributed by atoms with van der Waals surface area (Å²) in [6, 6.07) is 17.2. The van der Waals surface area contributed by atoms with Crippen molar-refractivity contribution < 1.29 is 4.79 Å². The maximum absolute atomic E-state index is 11.7. The summed E-state index contributed by atoms with van der Waals surface area (Å²) in [6.07, 6.45) is 3.31. The van der Waals surface area contributed by atoms with Gasteiger partial charge in [0.2, 0.25) is 5.91 Å². The van der Waals surface area contributed by atoms with E-state index in [0.717, 1.165) is 15.7 Å². The van der Waals surface area contributed by atoms with E-state index in [0.29, 0.717) is 0 Å². The van der Waals surface area contributed by atoms with Crippen molar-refractivity contribution in [2.75, 3.05) is 5.32 Å². The van der Waals surface area contributed by atoms with Crippen LogP contribution < -0.4 is 5.32 Å². The van der Waals surface area contributed by atoms with Crippen LogP contribution in [0.15, 0.2) is 65.1 Å². The van der Waals surface area contributed by atoms with Crippen molar-refractivity contribution >= 4 is 33.6 Å². The van der Waals surface area contributed by atoms with Gasteiger partial charge in [0.25, 0.3) is 0 Å². The van der Waals surface area contributed by atoms with Crippen molar-refractivity contribution in [3.63, 3.8) is 0 Å². The molecule has 0 heterocycles. The summed E-state index contributed by atoms with van der Waals surface area (Å²) in [5, 5.41) is 2.81. The van der Waals surface area contributed by atoms with E-state index in [2.05, 4.69) is 21.2 Å². The van der Waals surface area contributed by atoms with E-state index in [9.17, 15) is 4.79 Å². The van der Waals surface area contributed by atoms with Gasteiger partial charge in [0.05, 0.1) is 5.69 Å². The van der Waals surface area contributed by atoms with Crippen molar-refractivity contribution in [1.29, 1.82) is 0 Å². The van der Waals surface area contributed by atoms with E-state index >= 15 is 0 Å². The molecular weight excluding hydrogens is 290 g/mol. The molecule has 2 aromatic rings. The number of halogens is 1. The zero-order chi connectivity index (χ0) is 12.8. The van der Waals surface area contributed by atoms with Crippen molar-refractivity contribution in [1.82, 2.24) is 0 Å². The molecule has 0 unspecified atom stereocenters. The molecule has 0 aliphatic heterocycles. The highest BCUT2D eigenvalue weighted by Gasteiger charge is 2.00. The average Bonchev–Trinajstić information content (AvgIpc) is 2.40. The highest BCUT2D eigenvalue weighted by Crippen LogP contribution is 2.21. The highest BCUT2D eigenvalue weighted by atomic mass is 79.9. The normalized spacial score (nSPS) is 10.5. The molecule has 0 saturated carbocycles. The molecule has 0 spiro atoms. The van der Waals surface area contributed by atoms with Gasteiger partial charge in [-0.05, 0) is 39.7 Å². The quantitative estimate of drug-likeness (QED) is 0.850. The fourth-order valence-corrected chi connectivity index (χ4v) is 1.86. The first-order valence-corrected chi connectivity index (χ1v) is 6.33. The van der Waals surface area contributed by atoms with Crippen LogP contribution in [0.1, 0.15) is 5.56 Å². The van der Waals surface area contributed by atoms with E-state index in [1.165, 1.54) is 6.08 Å². The molecular formula is C15H12BrNO. The number of hydrogen-bond donors (Lipinski definition) is 1. The number of carbonyl (C=O) groups excluding carboxylic acids is 1. The van der Waals surface area contributed by atoms with Gasteiger partial charge in [-0.3, -0.25) is 4.79 Å². The van der Waals surface area contributed by atoms with Gasteiger partial charge < -0.3 is 5.32 Å². The van der Waals surface area contributed by atoms with Crippen LogP contribution in [0, 0.1) is 0 Å². The molecule has 0 atom stereocenters. The fourth-order valence-electron chi connectivity index (χ4n) is 1.47. The van der Waals surface area contributed by atoms with Crippen LogP contribution in [0.5, 0.6) is 0 Å². The molecule has 0 saturated heterocycles. The molecule has 2 aromatic carbocycles. The molecule has 0 fully saturated rings. The van der Waals surface area contributed by atoms with Crippen LogP contribution in [-0.2, 0) is 4.79 Å². The zero-order valence-electron chi connectivity index (χ0n) is 9.64. The molecule has 0 bridgehead atoms. The first-order valence-electron chi connectivity index (χ1n) is 5.54. The molecule has 3 heteroatoms. The maximum atomic E-state index is 11.7. The van der Waals surface area contributed by atoms with Gasteiger partial charge in [-0.25, -0.2) is 0 Å². The summed E-state index contributed by atoms with van der Waals surface area (Å²) in [5.74, 6) is -0.147. The van der Waals surface area contributed by atoms with Gasteiger partial charge in [-0.1, -0.05) is 42.5 Å². The van der Waals surface area contributed by atoms with Crippen molar-refractivity contribution in [2.24, 2.45) is 0 Å². The minimum Gasteiger partial charge on any atom is -0.321 e. The number of anilines is 1. The Kier molecular flexibility index (Phi) is 4.31. The number of para-hydroxylation sites is 1. The second kappa shape index (κ2) is 6.17. The van der Waals surface area contributed by atoms with Gasteiger partial charge in [0.1, 0.15) is 0 Å². The minimum absolute atomic E-state index is 0.147. The number of rotatable bonds is 3. The molecule has 1 N–H and O–H groups in total. The van der Waals surface area contributed by atoms with Gasteiger partial charge in [-0.15, -0.1) is 0 Å². The molecule has 0 aliphatic rings. The first kappa shape index (κ1) is 12.6. The lowest BCUT2D eigenvalue weighted by Crippen LogP contribution is -2.07. The van der Waals surface area contributed by atoms with Crippen LogP contribution in [0.25, 0.3) is 6.08 Å². The molecule has 18 heavy (non-hydrogen) atoms. The van der Waals surface area contributed by atoms with Crippen molar-refractivity contribution in [3.8, 4) is 0 Å². The molecule has 90 valence electrons. The number of benzene rings is 2. The summed E-state index contributed by atoms with van der Waals surface area (Å²) in [7, 11) is 0. The molecule has 2 nitrogen and oxygen atoms in total. The van der Waals surface area contributed by atoms with Gasteiger partial charge in [0, 0.05) is 10.5 Å². The van der Waals surface area contributed by atoms with Crippen LogP contribution >= 0.6 is 15.9 Å². The lowest BCUT2D eigenvalue weighted by molar-refractivity contribution is -0.111. The van der Waals surface area contributed by atoms with Gasteiger partial charge in [0.15, 0.2) is 0 Å². The van der Waals surface area contributed by atoms with E-state index in [4.69, 9.17) is 0 Å². The van der Waals surface area contributed by atoms with Crippen LogP contribution in [0.2, 0.25) is 0 Å². The minimum atomic E-state index is -0.147. The highest BCUT2D eigenvalue weighted by molar-refractivity contribution is 9.10. The lowest BCUT2D eigenvalue weighted by atomic mass is 10.2. The standard InChI is InChI=1S/C15H12BrNO/c16-13-8-4-5-9-14(13)17-15(18)11-10-12-6-2-1-3-7-12/h1-11H,(H,17,18)/b11-10-. The Balaban J connectivity index is 2.02. The Bertz CT molecular complexity index is 564. The second-order valence-corrected chi connectivity index (χ2v) is 4.57. The molecule has 0 aromatic heterocycles. The zero-order valence-corrected chi connectivity index (χ0v) is 11.2. The summed E-state index contributed by atoms with van der Waals surface area (Å²) < 4.78 is 0.867. The smallest absolute Gasteiger partial charge is 0.248 e. The van der Waals surface area contributed by atoms with Crippen molar-refractivity contribution in [3.05, 3.63) is 70.7 Å². The Hall–Kier alpha value is -1.87. The summed E-state index contributed by atoms with van der Waals surface area (Å²) >= 11 is 3.38. The van der Waals surface area contributed by atoms with E-state index < -0.39 is 0 Å². The van der Waals surface area contributed by atoms with E-state index in [1.54, 1.807) is 6.08 Å². The molecule has 2 rings (SSSR count). The number of nitrogens with one attached hydrogen (secondary N) is 1. The Morgan fingerprint density at radius 3 is 2.39 bits per heavy atom. The Morgan fingerprint density at radius 1 is 1.00 bits per heavy atom. The second-order valence-electron chi connectivity index (χ2n) is 3.71. The third-order valence-corrected chi connectivity index (χ3v) is 3.05. The summed E-state index contributed by atoms with van der Waals surface area (Å²) in [5.41, 5.74) is 1.76. The Morgan fingerprint density at radius 2 is 1.67 bits per heavy atom. The maximum Gasteiger partial charge on any atom is 0.248 e. The number of hydrogen-bond acceptors (Lipinski definition) is 1. The first-order chi connectivity index (χ1) is 8.75. The van der Waals surface area contributed by atoms with Crippen LogP contribution in [0.4, 0.5) is 5.69 Å².